The first-order valence-corrected chi connectivity index (χ1v) is 11.1. The highest BCUT2D eigenvalue weighted by atomic mass is 16.2. The van der Waals surface area contributed by atoms with Crippen LogP contribution in [0.1, 0.15) is 44.4 Å². The van der Waals surface area contributed by atoms with Gasteiger partial charge < -0.3 is 4.90 Å². The molecule has 160 valence electrons. The van der Waals surface area contributed by atoms with Gasteiger partial charge in [-0.15, -0.1) is 0 Å². The number of aromatic nitrogens is 4. The second-order valence-corrected chi connectivity index (χ2v) is 8.26. The molecule has 4 heterocycles. The minimum absolute atomic E-state index is 0.134. The van der Waals surface area contributed by atoms with Crippen LogP contribution < -0.4 is 4.90 Å². The van der Waals surface area contributed by atoms with Crippen LogP contribution in [-0.2, 0) is 16.8 Å². The highest BCUT2D eigenvalue weighted by molar-refractivity contribution is 6.08. The highest BCUT2D eigenvalue weighted by Gasteiger charge is 2.49. The van der Waals surface area contributed by atoms with E-state index in [1.807, 2.05) is 41.6 Å². The third-order valence-electron chi connectivity index (χ3n) is 6.58. The maximum absolute atomic E-state index is 13.9. The van der Waals surface area contributed by atoms with Gasteiger partial charge in [-0.1, -0.05) is 44.5 Å². The van der Waals surface area contributed by atoms with Crippen LogP contribution >= 0.6 is 0 Å². The van der Waals surface area contributed by atoms with E-state index in [1.165, 1.54) is 6.33 Å². The number of carbonyl (C=O) groups excluding carboxylic acids is 1. The van der Waals surface area contributed by atoms with E-state index in [4.69, 9.17) is 4.98 Å². The van der Waals surface area contributed by atoms with Crippen molar-refractivity contribution >= 4 is 22.4 Å². The number of nitrogens with zero attached hydrogens (tertiary/aromatic N) is 5. The number of pyridine rings is 2. The number of rotatable bonds is 6. The molecule has 0 saturated heterocycles. The number of amides is 1. The van der Waals surface area contributed by atoms with E-state index in [0.29, 0.717) is 6.54 Å². The molecule has 32 heavy (non-hydrogen) atoms. The molecular formula is C26H25N5O. The van der Waals surface area contributed by atoms with E-state index in [2.05, 4.69) is 34.9 Å². The van der Waals surface area contributed by atoms with E-state index in [1.54, 1.807) is 18.6 Å². The molecule has 1 aliphatic heterocycles. The van der Waals surface area contributed by atoms with Gasteiger partial charge in [0.15, 0.2) is 0 Å². The summed E-state index contributed by atoms with van der Waals surface area (Å²) in [5.74, 6) is 0.134. The fraction of sp³-hybridized carbons (Fsp3) is 0.269. The summed E-state index contributed by atoms with van der Waals surface area (Å²) in [5, 5.41) is 2.11. The summed E-state index contributed by atoms with van der Waals surface area (Å²) in [6.07, 6.45) is 13.1. The maximum Gasteiger partial charge on any atom is 0.238 e. The zero-order chi connectivity index (χ0) is 22.1. The van der Waals surface area contributed by atoms with Crippen molar-refractivity contribution in [2.45, 2.75) is 45.1 Å². The Morgan fingerprint density at radius 2 is 1.78 bits per heavy atom. The molecule has 5 rings (SSSR count). The summed E-state index contributed by atoms with van der Waals surface area (Å²) in [4.78, 5) is 33.3. The highest BCUT2D eigenvalue weighted by Crippen LogP contribution is 2.47. The summed E-state index contributed by atoms with van der Waals surface area (Å²) in [5.41, 5.74) is 4.14. The summed E-state index contributed by atoms with van der Waals surface area (Å²) in [6.45, 7) is 4.60. The van der Waals surface area contributed by atoms with E-state index >= 15 is 0 Å². The Kier molecular flexibility index (Phi) is 5.13. The Balaban J connectivity index is 1.67. The quantitative estimate of drug-likeness (QED) is 0.432. The predicted molar refractivity (Wildman–Crippen MR) is 125 cm³/mol. The van der Waals surface area contributed by atoms with Gasteiger partial charge >= 0.3 is 0 Å². The Morgan fingerprint density at radius 3 is 2.56 bits per heavy atom. The van der Waals surface area contributed by atoms with Gasteiger partial charge in [-0.3, -0.25) is 14.8 Å². The first-order valence-electron chi connectivity index (χ1n) is 11.1. The second-order valence-electron chi connectivity index (χ2n) is 8.26. The van der Waals surface area contributed by atoms with Crippen molar-refractivity contribution < 1.29 is 4.79 Å². The molecule has 0 radical (unpaired) electrons. The van der Waals surface area contributed by atoms with Crippen molar-refractivity contribution in [2.24, 2.45) is 0 Å². The zero-order valence-electron chi connectivity index (χ0n) is 18.3. The monoisotopic (exact) mass is 423 g/mol. The van der Waals surface area contributed by atoms with Crippen LogP contribution in [0.25, 0.3) is 21.9 Å². The molecule has 0 saturated carbocycles. The number of hydrogen-bond donors (Lipinski definition) is 0. The minimum Gasteiger partial charge on any atom is -0.304 e. The van der Waals surface area contributed by atoms with E-state index in [0.717, 1.165) is 58.1 Å². The third kappa shape index (κ3) is 3.06. The fourth-order valence-electron chi connectivity index (χ4n) is 5.06. The molecule has 1 aliphatic rings. The lowest BCUT2D eigenvalue weighted by Gasteiger charge is -2.27. The van der Waals surface area contributed by atoms with Crippen molar-refractivity contribution in [2.75, 3.05) is 4.90 Å². The number of anilines is 1. The molecule has 1 unspecified atom stereocenters. The smallest absolute Gasteiger partial charge is 0.238 e. The standard InChI is InChI=1S/C26H25N5O/c1-3-10-26(4-2)21-9-11-27-15-23(21)31(25(26)32)16-22-24(19-12-28-17-29-13-19)20-8-6-5-7-18(20)14-30-22/h5-9,11-15,17H,3-4,10,16H2,1-2H3. The lowest BCUT2D eigenvalue weighted by Crippen LogP contribution is -2.39. The van der Waals surface area contributed by atoms with Gasteiger partial charge in [0.1, 0.15) is 6.33 Å². The Bertz CT molecular complexity index is 1290. The predicted octanol–water partition coefficient (Wildman–Crippen LogP) is 5.08. The van der Waals surface area contributed by atoms with Crippen molar-refractivity contribution in [3.63, 3.8) is 0 Å². The summed E-state index contributed by atoms with van der Waals surface area (Å²) in [7, 11) is 0. The summed E-state index contributed by atoms with van der Waals surface area (Å²) < 4.78 is 0. The van der Waals surface area contributed by atoms with Gasteiger partial charge in [-0.25, -0.2) is 9.97 Å². The van der Waals surface area contributed by atoms with E-state index in [9.17, 15) is 4.79 Å². The van der Waals surface area contributed by atoms with Crippen molar-refractivity contribution in [1.82, 2.24) is 19.9 Å². The molecule has 0 spiro atoms. The van der Waals surface area contributed by atoms with Crippen molar-refractivity contribution in [1.29, 1.82) is 0 Å². The van der Waals surface area contributed by atoms with Crippen LogP contribution in [0.3, 0.4) is 0 Å². The van der Waals surface area contributed by atoms with Crippen molar-refractivity contribution in [3.8, 4) is 11.1 Å². The molecule has 6 heteroatoms. The largest absolute Gasteiger partial charge is 0.304 e. The zero-order valence-corrected chi connectivity index (χ0v) is 18.3. The van der Waals surface area contributed by atoms with Gasteiger partial charge in [0.05, 0.1) is 29.5 Å². The molecule has 0 fully saturated rings. The van der Waals surface area contributed by atoms with Crippen LogP contribution in [0.4, 0.5) is 5.69 Å². The van der Waals surface area contributed by atoms with Gasteiger partial charge in [-0.2, -0.15) is 0 Å². The average molecular weight is 424 g/mol. The second kappa shape index (κ2) is 8.11. The molecule has 0 N–H and O–H groups in total. The molecule has 0 bridgehead atoms. The van der Waals surface area contributed by atoms with Crippen molar-refractivity contribution in [3.05, 3.63) is 78.9 Å². The number of carbonyl (C=O) groups is 1. The van der Waals surface area contributed by atoms with Gasteiger partial charge in [0.2, 0.25) is 5.91 Å². The van der Waals surface area contributed by atoms with Gasteiger partial charge in [0.25, 0.3) is 0 Å². The third-order valence-corrected chi connectivity index (χ3v) is 6.58. The number of hydrogen-bond acceptors (Lipinski definition) is 5. The molecule has 6 nitrogen and oxygen atoms in total. The van der Waals surface area contributed by atoms with E-state index < -0.39 is 5.41 Å². The van der Waals surface area contributed by atoms with Crippen LogP contribution in [0.5, 0.6) is 0 Å². The van der Waals surface area contributed by atoms with Crippen LogP contribution in [-0.4, -0.2) is 25.8 Å². The normalized spacial score (nSPS) is 17.7. The molecule has 1 atom stereocenters. The minimum atomic E-state index is -0.500. The Morgan fingerprint density at radius 1 is 0.969 bits per heavy atom. The summed E-state index contributed by atoms with van der Waals surface area (Å²) >= 11 is 0. The van der Waals surface area contributed by atoms with Gasteiger partial charge in [-0.05, 0) is 29.9 Å². The lowest BCUT2D eigenvalue weighted by molar-refractivity contribution is -0.123. The molecule has 1 amide bonds. The Labute approximate surface area is 187 Å². The average Bonchev–Trinajstić information content (AvgIpc) is 3.08. The maximum atomic E-state index is 13.9. The molecule has 3 aromatic heterocycles. The fourth-order valence-corrected chi connectivity index (χ4v) is 5.06. The number of fused-ring (bicyclic) bond motifs is 2. The Hall–Kier alpha value is -3.67. The van der Waals surface area contributed by atoms with Gasteiger partial charge in [0, 0.05) is 41.3 Å². The van der Waals surface area contributed by atoms with Crippen LogP contribution in [0.2, 0.25) is 0 Å². The van der Waals surface area contributed by atoms with E-state index in [-0.39, 0.29) is 5.91 Å². The number of benzene rings is 1. The van der Waals surface area contributed by atoms with Crippen LogP contribution in [0, 0.1) is 0 Å². The molecule has 4 aromatic rings. The molecule has 0 aliphatic carbocycles. The lowest BCUT2D eigenvalue weighted by atomic mass is 9.76. The SMILES string of the molecule is CCCC1(CC)C(=O)N(Cc2ncc3ccccc3c2-c2cncnc2)c2cnccc21. The first-order chi connectivity index (χ1) is 15.7. The summed E-state index contributed by atoms with van der Waals surface area (Å²) in [6, 6.07) is 10.1. The molecular weight excluding hydrogens is 398 g/mol. The topological polar surface area (TPSA) is 71.9 Å². The van der Waals surface area contributed by atoms with Crippen LogP contribution in [0.15, 0.2) is 67.6 Å². The first kappa shape index (κ1) is 20.2. The molecule has 1 aromatic carbocycles.